The van der Waals surface area contributed by atoms with Gasteiger partial charge in [0.25, 0.3) is 5.91 Å². The van der Waals surface area contributed by atoms with Gasteiger partial charge in [-0.05, 0) is 11.6 Å². The van der Waals surface area contributed by atoms with E-state index >= 15 is 0 Å². The Morgan fingerprint density at radius 2 is 1.77 bits per heavy atom. The van der Waals surface area contributed by atoms with Gasteiger partial charge in [0.15, 0.2) is 5.72 Å². The minimum absolute atomic E-state index is 0.0296. The second-order valence-electron chi connectivity index (χ2n) is 6.67. The van der Waals surface area contributed by atoms with Crippen molar-refractivity contribution in [3.63, 3.8) is 0 Å². The third-order valence-electron chi connectivity index (χ3n) is 5.37. The highest BCUT2D eigenvalue weighted by molar-refractivity contribution is 5.98. The van der Waals surface area contributed by atoms with Gasteiger partial charge in [0.2, 0.25) is 0 Å². The molecule has 26 heavy (non-hydrogen) atoms. The Hall–Kier alpha value is -2.99. The topological polar surface area (TPSA) is 60.3 Å². The molecular weight excluding hydrogens is 328 g/mol. The summed E-state index contributed by atoms with van der Waals surface area (Å²) in [5.41, 5.74) is 1.95. The first-order valence-corrected chi connectivity index (χ1v) is 8.73. The van der Waals surface area contributed by atoms with Crippen molar-refractivity contribution in [3.8, 4) is 0 Å². The Kier molecular flexibility index (Phi) is 3.39. The number of aromatic nitrogens is 3. The molecule has 1 amide bonds. The minimum atomic E-state index is -0.809. The van der Waals surface area contributed by atoms with Crippen LogP contribution in [0.5, 0.6) is 0 Å². The van der Waals surface area contributed by atoms with Crippen LogP contribution in [0.4, 0.5) is 0 Å². The molecule has 6 heteroatoms. The number of amides is 1. The number of hydrogen-bond donors (Lipinski definition) is 0. The van der Waals surface area contributed by atoms with Crippen LogP contribution in [0.1, 0.15) is 27.4 Å². The molecule has 0 unspecified atom stereocenters. The van der Waals surface area contributed by atoms with E-state index in [1.807, 2.05) is 64.1 Å². The zero-order valence-corrected chi connectivity index (χ0v) is 14.2. The fourth-order valence-corrected chi connectivity index (χ4v) is 4.30. The molecule has 0 saturated carbocycles. The summed E-state index contributed by atoms with van der Waals surface area (Å²) in [7, 11) is 0. The second-order valence-corrected chi connectivity index (χ2v) is 6.67. The molecule has 2 aliphatic heterocycles. The van der Waals surface area contributed by atoms with Gasteiger partial charge >= 0.3 is 0 Å². The van der Waals surface area contributed by atoms with Gasteiger partial charge in [0.1, 0.15) is 12.7 Å². The van der Waals surface area contributed by atoms with Crippen LogP contribution in [-0.2, 0) is 17.0 Å². The average Bonchev–Trinajstić information content (AvgIpc) is 3.36. The van der Waals surface area contributed by atoms with Crippen molar-refractivity contribution < 1.29 is 9.53 Å². The van der Waals surface area contributed by atoms with Crippen molar-refractivity contribution in [1.82, 2.24) is 19.7 Å². The molecule has 0 bridgehead atoms. The van der Waals surface area contributed by atoms with Gasteiger partial charge in [-0.15, -0.1) is 10.2 Å². The molecule has 6 nitrogen and oxygen atoms in total. The van der Waals surface area contributed by atoms with Crippen LogP contribution in [0.2, 0.25) is 0 Å². The van der Waals surface area contributed by atoms with Gasteiger partial charge in [-0.25, -0.2) is 0 Å². The van der Waals surface area contributed by atoms with Crippen LogP contribution in [0.25, 0.3) is 0 Å². The third kappa shape index (κ3) is 2.05. The molecule has 5 rings (SSSR count). The van der Waals surface area contributed by atoms with Crippen LogP contribution in [0, 0.1) is 0 Å². The lowest BCUT2D eigenvalue weighted by atomic mass is 9.77. The minimum Gasteiger partial charge on any atom is -0.349 e. The Morgan fingerprint density at radius 1 is 1.04 bits per heavy atom. The quantitative estimate of drug-likeness (QED) is 0.731. The van der Waals surface area contributed by atoms with Crippen LogP contribution in [0.15, 0.2) is 67.3 Å². The second kappa shape index (κ2) is 5.78. The predicted molar refractivity (Wildman–Crippen MR) is 94.3 cm³/mol. The lowest BCUT2D eigenvalue weighted by Crippen LogP contribution is -2.54. The third-order valence-corrected chi connectivity index (χ3v) is 5.37. The molecule has 0 spiro atoms. The van der Waals surface area contributed by atoms with Gasteiger partial charge in [0, 0.05) is 24.2 Å². The van der Waals surface area contributed by atoms with E-state index in [0.29, 0.717) is 19.7 Å². The average molecular weight is 346 g/mol. The van der Waals surface area contributed by atoms with Gasteiger partial charge in [-0.1, -0.05) is 48.5 Å². The summed E-state index contributed by atoms with van der Waals surface area (Å²) in [6.07, 6.45) is 3.41. The smallest absolute Gasteiger partial charge is 0.256 e. The van der Waals surface area contributed by atoms with E-state index in [-0.39, 0.29) is 11.8 Å². The Bertz CT molecular complexity index is 941. The van der Waals surface area contributed by atoms with E-state index < -0.39 is 5.72 Å². The highest BCUT2D eigenvalue weighted by atomic mass is 16.5. The number of hydrogen-bond acceptors (Lipinski definition) is 4. The van der Waals surface area contributed by atoms with Crippen LogP contribution < -0.4 is 0 Å². The molecule has 2 aliphatic rings. The first kappa shape index (κ1) is 15.3. The lowest BCUT2D eigenvalue weighted by Gasteiger charge is -2.47. The maximum absolute atomic E-state index is 13.2. The number of carbonyl (C=O) groups is 1. The molecule has 3 heterocycles. The van der Waals surface area contributed by atoms with Gasteiger partial charge in [-0.3, -0.25) is 4.79 Å². The van der Waals surface area contributed by atoms with Crippen molar-refractivity contribution in [2.45, 2.75) is 18.2 Å². The normalized spacial score (nSPS) is 24.4. The first-order chi connectivity index (χ1) is 12.8. The SMILES string of the molecule is O=C1c2ccccc2[C@@H](Cn2cnnc2)[C@@]2(c3ccccc3)OCCN12. The molecule has 3 aromatic rings. The monoisotopic (exact) mass is 346 g/mol. The molecule has 1 saturated heterocycles. The van der Waals surface area contributed by atoms with Crippen molar-refractivity contribution in [2.75, 3.05) is 13.2 Å². The number of nitrogens with zero attached hydrogens (tertiary/aromatic N) is 4. The summed E-state index contributed by atoms with van der Waals surface area (Å²) in [4.78, 5) is 15.1. The molecule has 2 atom stereocenters. The van der Waals surface area contributed by atoms with Gasteiger partial charge in [0.05, 0.1) is 12.5 Å². The predicted octanol–water partition coefficient (Wildman–Crippen LogP) is 2.40. The Labute approximate surface area is 151 Å². The first-order valence-electron chi connectivity index (χ1n) is 8.73. The molecule has 1 fully saturated rings. The van der Waals surface area contributed by atoms with Crippen LogP contribution in [0.3, 0.4) is 0 Å². The Balaban J connectivity index is 1.75. The molecular formula is C20H18N4O2. The van der Waals surface area contributed by atoms with Crippen LogP contribution >= 0.6 is 0 Å². The number of benzene rings is 2. The molecule has 0 N–H and O–H groups in total. The lowest BCUT2D eigenvalue weighted by molar-refractivity contribution is -0.103. The zero-order valence-electron chi connectivity index (χ0n) is 14.2. The fourth-order valence-electron chi connectivity index (χ4n) is 4.30. The molecule has 130 valence electrons. The van der Waals surface area contributed by atoms with Crippen molar-refractivity contribution >= 4 is 5.91 Å². The van der Waals surface area contributed by atoms with Crippen LogP contribution in [-0.4, -0.2) is 38.7 Å². The number of carbonyl (C=O) groups excluding carboxylic acids is 1. The maximum Gasteiger partial charge on any atom is 0.256 e. The summed E-state index contributed by atoms with van der Waals surface area (Å²) in [5.74, 6) is -0.0285. The summed E-state index contributed by atoms with van der Waals surface area (Å²) in [5, 5.41) is 7.86. The van der Waals surface area contributed by atoms with E-state index in [0.717, 1.165) is 16.7 Å². The van der Waals surface area contributed by atoms with E-state index in [4.69, 9.17) is 4.74 Å². The van der Waals surface area contributed by atoms with Gasteiger partial charge < -0.3 is 14.2 Å². The number of ether oxygens (including phenoxy) is 1. The van der Waals surface area contributed by atoms with E-state index in [9.17, 15) is 4.79 Å². The summed E-state index contributed by atoms with van der Waals surface area (Å²) < 4.78 is 8.32. The van der Waals surface area contributed by atoms with E-state index in [2.05, 4.69) is 10.2 Å². The molecule has 1 aromatic heterocycles. The Morgan fingerprint density at radius 3 is 2.58 bits per heavy atom. The largest absolute Gasteiger partial charge is 0.349 e. The van der Waals surface area contributed by atoms with Gasteiger partial charge in [-0.2, -0.15) is 0 Å². The molecule has 0 aliphatic carbocycles. The number of fused-ring (bicyclic) bond motifs is 2. The highest BCUT2D eigenvalue weighted by Gasteiger charge is 2.56. The number of rotatable bonds is 3. The molecule has 2 aromatic carbocycles. The summed E-state index contributed by atoms with van der Waals surface area (Å²) >= 11 is 0. The summed E-state index contributed by atoms with van der Waals surface area (Å²) in [6.45, 7) is 1.73. The standard InChI is InChI=1S/C20H18N4O2/c25-19-17-9-5-4-8-16(17)18(12-23-13-21-22-14-23)20(24(19)10-11-26-20)15-6-2-1-3-7-15/h1-9,13-14,18H,10-12H2/t18-,20-/m1/s1. The van der Waals surface area contributed by atoms with Crippen molar-refractivity contribution in [1.29, 1.82) is 0 Å². The highest BCUT2D eigenvalue weighted by Crippen LogP contribution is 2.51. The van der Waals surface area contributed by atoms with E-state index in [1.165, 1.54) is 0 Å². The molecule has 0 radical (unpaired) electrons. The van der Waals surface area contributed by atoms with Crippen molar-refractivity contribution in [2.24, 2.45) is 0 Å². The fraction of sp³-hybridized carbons (Fsp3) is 0.250. The van der Waals surface area contributed by atoms with E-state index in [1.54, 1.807) is 12.7 Å². The van der Waals surface area contributed by atoms with Crippen molar-refractivity contribution in [3.05, 3.63) is 83.9 Å². The summed E-state index contributed by atoms with van der Waals surface area (Å²) in [6, 6.07) is 17.9. The maximum atomic E-state index is 13.2. The zero-order chi connectivity index (χ0) is 17.6.